The van der Waals surface area contributed by atoms with Gasteiger partial charge in [-0.3, -0.25) is 19.3 Å². The minimum atomic E-state index is -1.01. The third-order valence-electron chi connectivity index (χ3n) is 4.69. The Morgan fingerprint density at radius 3 is 2.00 bits per heavy atom. The second-order valence-electron chi connectivity index (χ2n) is 7.05. The third-order valence-corrected chi connectivity index (χ3v) is 4.69. The fourth-order valence-corrected chi connectivity index (χ4v) is 3.41. The van der Waals surface area contributed by atoms with Gasteiger partial charge in [-0.15, -0.1) is 0 Å². The molecule has 25 heavy (non-hydrogen) atoms. The van der Waals surface area contributed by atoms with Gasteiger partial charge in [-0.1, -0.05) is 26.0 Å². The van der Waals surface area contributed by atoms with Crippen LogP contribution in [0.1, 0.15) is 41.0 Å². The summed E-state index contributed by atoms with van der Waals surface area (Å²) in [6.07, 6.45) is -1.69. The summed E-state index contributed by atoms with van der Waals surface area (Å²) in [6, 6.07) is 5.58. The molecular weight excluding hydrogens is 324 g/mol. The lowest BCUT2D eigenvalue weighted by atomic mass is 10.0. The number of hydrogen-bond donors (Lipinski definition) is 2. The zero-order chi connectivity index (χ0) is 18.3. The quantitative estimate of drug-likeness (QED) is 0.762. The minimum absolute atomic E-state index is 0.00222. The van der Waals surface area contributed by atoms with E-state index in [1.54, 1.807) is 24.3 Å². The van der Waals surface area contributed by atoms with E-state index >= 15 is 0 Å². The summed E-state index contributed by atoms with van der Waals surface area (Å²) in [7, 11) is 0. The zero-order valence-corrected chi connectivity index (χ0v) is 14.3. The Morgan fingerprint density at radius 1 is 1.08 bits per heavy atom. The maximum absolute atomic E-state index is 13.0. The van der Waals surface area contributed by atoms with Crippen molar-refractivity contribution >= 4 is 17.7 Å². The Labute approximate surface area is 145 Å². The first-order chi connectivity index (χ1) is 11.8. The van der Waals surface area contributed by atoms with E-state index in [-0.39, 0.29) is 19.0 Å². The van der Waals surface area contributed by atoms with Crippen molar-refractivity contribution in [1.29, 1.82) is 0 Å². The molecule has 2 aliphatic heterocycles. The maximum atomic E-state index is 13.0. The average molecular weight is 346 g/mol. The van der Waals surface area contributed by atoms with Crippen LogP contribution >= 0.6 is 0 Å². The normalized spacial score (nSPS) is 24.2. The number of hydrogen-bond acceptors (Lipinski definition) is 5. The van der Waals surface area contributed by atoms with Crippen LogP contribution in [0.4, 0.5) is 0 Å². The van der Waals surface area contributed by atoms with Crippen molar-refractivity contribution in [3.63, 3.8) is 0 Å². The monoisotopic (exact) mass is 346 g/mol. The van der Waals surface area contributed by atoms with E-state index in [0.717, 1.165) is 4.90 Å². The van der Waals surface area contributed by atoms with E-state index < -0.39 is 36.0 Å². The number of aliphatic hydroxyl groups excluding tert-OH is 2. The summed E-state index contributed by atoms with van der Waals surface area (Å²) in [5, 5.41) is 19.4. The van der Waals surface area contributed by atoms with Crippen LogP contribution in [0.25, 0.3) is 0 Å². The number of likely N-dealkylation sites (tertiary alicyclic amines) is 1. The molecule has 3 amide bonds. The van der Waals surface area contributed by atoms with Gasteiger partial charge in [0.15, 0.2) is 0 Å². The zero-order valence-electron chi connectivity index (χ0n) is 14.3. The fraction of sp³-hybridized carbons (Fsp3) is 0.500. The number of β-amino-alcohol motifs (C(OH)–C–C–N with tert-alkyl or cyclic N) is 2. The molecule has 3 rings (SSSR count). The van der Waals surface area contributed by atoms with E-state index in [2.05, 4.69) is 0 Å². The van der Waals surface area contributed by atoms with E-state index in [1.165, 1.54) is 4.90 Å². The number of benzene rings is 1. The second kappa shape index (κ2) is 6.57. The van der Waals surface area contributed by atoms with Crippen molar-refractivity contribution in [2.45, 2.75) is 38.5 Å². The molecule has 0 aromatic heterocycles. The topological polar surface area (TPSA) is 98.2 Å². The Kier molecular flexibility index (Phi) is 4.62. The van der Waals surface area contributed by atoms with Crippen LogP contribution in [-0.4, -0.2) is 69.1 Å². The number of carbonyl (C=O) groups is 3. The van der Waals surface area contributed by atoms with Gasteiger partial charge >= 0.3 is 0 Å². The molecular formula is C18H22N2O5. The number of rotatable bonds is 4. The lowest BCUT2D eigenvalue weighted by molar-refractivity contribution is -0.135. The van der Waals surface area contributed by atoms with Crippen LogP contribution in [0.3, 0.4) is 0 Å². The second-order valence-corrected chi connectivity index (χ2v) is 7.05. The summed E-state index contributed by atoms with van der Waals surface area (Å²) >= 11 is 0. The number of carbonyl (C=O) groups excluding carboxylic acids is 3. The van der Waals surface area contributed by atoms with Crippen LogP contribution in [0.5, 0.6) is 0 Å². The lowest BCUT2D eigenvalue weighted by Gasteiger charge is -2.30. The largest absolute Gasteiger partial charge is 0.388 e. The Hall–Kier alpha value is -2.25. The van der Waals surface area contributed by atoms with Gasteiger partial charge in [0.25, 0.3) is 11.8 Å². The molecule has 1 fully saturated rings. The van der Waals surface area contributed by atoms with Gasteiger partial charge in [0.2, 0.25) is 5.91 Å². The summed E-state index contributed by atoms with van der Waals surface area (Å²) in [6.45, 7) is 3.81. The van der Waals surface area contributed by atoms with Gasteiger partial charge in [-0.25, -0.2) is 0 Å². The molecule has 7 heteroatoms. The van der Waals surface area contributed by atoms with Gasteiger partial charge in [-0.2, -0.15) is 0 Å². The SMILES string of the molecule is CC(C)CC(C(=O)N1CC(O)C(O)C1)N1C(=O)c2ccccc2C1=O. The van der Waals surface area contributed by atoms with Crippen LogP contribution in [0.15, 0.2) is 24.3 Å². The van der Waals surface area contributed by atoms with Gasteiger partial charge in [0, 0.05) is 13.1 Å². The molecule has 0 saturated carbocycles. The number of nitrogens with zero attached hydrogens (tertiary/aromatic N) is 2. The Bertz CT molecular complexity index is 672. The van der Waals surface area contributed by atoms with Crippen molar-refractivity contribution in [3.05, 3.63) is 35.4 Å². The van der Waals surface area contributed by atoms with Crippen molar-refractivity contribution in [2.75, 3.05) is 13.1 Å². The number of amides is 3. The predicted molar refractivity (Wildman–Crippen MR) is 88.8 cm³/mol. The Morgan fingerprint density at radius 2 is 1.56 bits per heavy atom. The highest BCUT2D eigenvalue weighted by Gasteiger charge is 2.45. The van der Waals surface area contributed by atoms with Gasteiger partial charge in [0.05, 0.1) is 23.3 Å². The van der Waals surface area contributed by atoms with Crippen LogP contribution in [-0.2, 0) is 4.79 Å². The standard InChI is InChI=1S/C18H22N2O5/c1-10(2)7-13(18(25)19-8-14(21)15(22)9-19)20-16(23)11-5-3-4-6-12(11)17(20)24/h3-6,10,13-15,21-22H,7-9H2,1-2H3. The van der Waals surface area contributed by atoms with Crippen molar-refractivity contribution in [2.24, 2.45) is 5.92 Å². The van der Waals surface area contributed by atoms with E-state index in [9.17, 15) is 24.6 Å². The molecule has 3 atom stereocenters. The molecule has 2 N–H and O–H groups in total. The molecule has 1 aromatic carbocycles. The molecule has 0 radical (unpaired) electrons. The first-order valence-electron chi connectivity index (χ1n) is 8.43. The van der Waals surface area contributed by atoms with E-state index in [4.69, 9.17) is 0 Å². The molecule has 2 heterocycles. The first-order valence-corrected chi connectivity index (χ1v) is 8.43. The van der Waals surface area contributed by atoms with Crippen LogP contribution in [0.2, 0.25) is 0 Å². The number of imide groups is 1. The molecule has 1 saturated heterocycles. The predicted octanol–water partition coefficient (Wildman–Crippen LogP) is 0.261. The fourth-order valence-electron chi connectivity index (χ4n) is 3.41. The highest BCUT2D eigenvalue weighted by atomic mass is 16.3. The molecule has 2 aliphatic rings. The van der Waals surface area contributed by atoms with E-state index in [1.807, 2.05) is 13.8 Å². The summed E-state index contributed by atoms with van der Waals surface area (Å²) < 4.78 is 0. The molecule has 0 spiro atoms. The molecule has 134 valence electrons. The summed E-state index contributed by atoms with van der Waals surface area (Å²) in [4.78, 5) is 40.7. The average Bonchev–Trinajstić information content (AvgIpc) is 3.03. The summed E-state index contributed by atoms with van der Waals surface area (Å²) in [5.41, 5.74) is 0.603. The van der Waals surface area contributed by atoms with Crippen LogP contribution < -0.4 is 0 Å². The highest BCUT2D eigenvalue weighted by molar-refractivity contribution is 6.22. The minimum Gasteiger partial charge on any atom is -0.388 e. The number of aliphatic hydroxyl groups is 2. The maximum Gasteiger partial charge on any atom is 0.262 e. The van der Waals surface area contributed by atoms with Gasteiger partial charge in [0.1, 0.15) is 6.04 Å². The van der Waals surface area contributed by atoms with E-state index in [0.29, 0.717) is 17.5 Å². The summed E-state index contributed by atoms with van der Waals surface area (Å²) in [5.74, 6) is -1.28. The van der Waals surface area contributed by atoms with Crippen molar-refractivity contribution in [3.8, 4) is 0 Å². The molecule has 1 aromatic rings. The molecule has 0 aliphatic carbocycles. The lowest BCUT2D eigenvalue weighted by Crippen LogP contribution is -2.51. The van der Waals surface area contributed by atoms with Crippen LogP contribution in [0, 0.1) is 5.92 Å². The molecule has 3 unspecified atom stereocenters. The third kappa shape index (κ3) is 3.05. The van der Waals surface area contributed by atoms with Gasteiger partial charge in [-0.05, 0) is 24.5 Å². The van der Waals surface area contributed by atoms with Gasteiger partial charge < -0.3 is 15.1 Å². The Balaban J connectivity index is 1.91. The van der Waals surface area contributed by atoms with Crippen molar-refractivity contribution in [1.82, 2.24) is 9.80 Å². The van der Waals surface area contributed by atoms with Crippen molar-refractivity contribution < 1.29 is 24.6 Å². The molecule has 0 bridgehead atoms. The highest BCUT2D eigenvalue weighted by Crippen LogP contribution is 2.28. The number of fused-ring (bicyclic) bond motifs is 1. The smallest absolute Gasteiger partial charge is 0.262 e. The first kappa shape index (κ1) is 17.6. The molecule has 7 nitrogen and oxygen atoms in total.